The normalized spacial score (nSPS) is 14.5. The van der Waals surface area contributed by atoms with Crippen LogP contribution < -0.4 is 0 Å². The lowest BCUT2D eigenvalue weighted by Gasteiger charge is -2.28. The molecule has 0 radical (unpaired) electrons. The predicted octanol–water partition coefficient (Wildman–Crippen LogP) is 12.9. The molecule has 0 aliphatic carbocycles. The van der Waals surface area contributed by atoms with E-state index in [1.807, 2.05) is 20.8 Å². The van der Waals surface area contributed by atoms with Crippen molar-refractivity contribution in [2.45, 2.75) is 258 Å². The molecule has 1 fully saturated rings. The second kappa shape index (κ2) is 36.6. The third-order valence-corrected chi connectivity index (χ3v) is 11.4. The highest BCUT2D eigenvalue weighted by atomic mass is 16.6. The van der Waals surface area contributed by atoms with E-state index in [-0.39, 0.29) is 62.1 Å². The van der Waals surface area contributed by atoms with Crippen LogP contribution in [0.25, 0.3) is 0 Å². The Kier molecular flexibility index (Phi) is 33.7. The largest absolute Gasteiger partial charge is 0.466 e. The molecule has 0 aromatic heterocycles. The summed E-state index contributed by atoms with van der Waals surface area (Å²) >= 11 is 0. The first-order chi connectivity index (χ1) is 29.4. The van der Waals surface area contributed by atoms with Crippen molar-refractivity contribution in [3.05, 3.63) is 0 Å². The van der Waals surface area contributed by atoms with Crippen LogP contribution in [0.5, 0.6) is 0 Å². The summed E-state index contributed by atoms with van der Waals surface area (Å²) in [6.45, 7) is 13.1. The highest BCUT2D eigenvalue weighted by Gasteiger charge is 2.38. The Bertz CT molecular complexity index is 1120. The summed E-state index contributed by atoms with van der Waals surface area (Å²) in [6.07, 6.45) is 28.1. The summed E-state index contributed by atoms with van der Waals surface area (Å²) in [6, 6.07) is -0.651. The van der Waals surface area contributed by atoms with Crippen molar-refractivity contribution in [1.29, 1.82) is 0 Å². The summed E-state index contributed by atoms with van der Waals surface area (Å²) in [5.41, 5.74) is -0.654. The minimum Gasteiger partial charge on any atom is -0.466 e. The number of ether oxygens (including phenoxy) is 5. The van der Waals surface area contributed by atoms with Gasteiger partial charge in [0.05, 0.1) is 19.8 Å². The van der Waals surface area contributed by atoms with E-state index in [0.29, 0.717) is 57.9 Å². The molecular formula is C50H91NO10. The van der Waals surface area contributed by atoms with E-state index in [1.165, 1.54) is 62.7 Å². The molecule has 11 heteroatoms. The van der Waals surface area contributed by atoms with Gasteiger partial charge >= 0.3 is 30.0 Å². The average Bonchev–Trinajstić information content (AvgIpc) is 3.72. The van der Waals surface area contributed by atoms with Crippen LogP contribution in [-0.2, 0) is 42.9 Å². The van der Waals surface area contributed by atoms with Gasteiger partial charge in [-0.15, -0.1) is 0 Å². The molecule has 0 spiro atoms. The fourth-order valence-corrected chi connectivity index (χ4v) is 7.71. The molecule has 1 rings (SSSR count). The molecule has 0 N–H and O–H groups in total. The Morgan fingerprint density at radius 2 is 0.967 bits per heavy atom. The summed E-state index contributed by atoms with van der Waals surface area (Å²) in [7, 11) is 0. The maximum absolute atomic E-state index is 13.4. The van der Waals surface area contributed by atoms with Crippen LogP contribution in [0.1, 0.15) is 241 Å². The first-order valence-corrected chi connectivity index (χ1v) is 25.1. The summed E-state index contributed by atoms with van der Waals surface area (Å²) in [5, 5.41) is 0. The Hall–Kier alpha value is -2.85. The van der Waals surface area contributed by atoms with Gasteiger partial charge in [0.1, 0.15) is 17.7 Å². The average molecular weight is 866 g/mol. The SMILES string of the molecule is CCCCCCCCCCCCC(CCCOC(=O)CCCCC(COC(=O)CCCCCCC)COC(=O)CCCCCCC)OC(=O)[C@@H]1CCCN1C(=O)OC(C)(C)C. The van der Waals surface area contributed by atoms with Crippen LogP contribution in [0.4, 0.5) is 4.79 Å². The van der Waals surface area contributed by atoms with Gasteiger partial charge in [-0.3, -0.25) is 19.3 Å². The Morgan fingerprint density at radius 1 is 0.541 bits per heavy atom. The van der Waals surface area contributed by atoms with Crippen molar-refractivity contribution in [2.75, 3.05) is 26.4 Å². The second-order valence-electron chi connectivity index (χ2n) is 18.5. The Balaban J connectivity index is 2.60. The molecule has 1 heterocycles. The van der Waals surface area contributed by atoms with Crippen LogP contribution in [-0.4, -0.2) is 79.0 Å². The smallest absolute Gasteiger partial charge is 0.411 e. The molecule has 0 aromatic rings. The molecule has 61 heavy (non-hydrogen) atoms. The number of nitrogens with zero attached hydrogens (tertiary/aromatic N) is 1. The molecule has 0 aromatic carbocycles. The van der Waals surface area contributed by atoms with Gasteiger partial charge in [0.15, 0.2) is 0 Å². The molecule has 1 aliphatic rings. The van der Waals surface area contributed by atoms with Crippen LogP contribution >= 0.6 is 0 Å². The minimum absolute atomic E-state index is 0.125. The van der Waals surface area contributed by atoms with Crippen LogP contribution in [0.15, 0.2) is 0 Å². The highest BCUT2D eigenvalue weighted by molar-refractivity contribution is 5.82. The zero-order valence-electron chi connectivity index (χ0n) is 40.0. The minimum atomic E-state index is -0.654. The van der Waals surface area contributed by atoms with Crippen LogP contribution in [0.2, 0.25) is 0 Å². The van der Waals surface area contributed by atoms with E-state index in [4.69, 9.17) is 23.7 Å². The van der Waals surface area contributed by atoms with E-state index < -0.39 is 17.7 Å². The quantitative estimate of drug-likeness (QED) is 0.0335. The number of esters is 4. The van der Waals surface area contributed by atoms with Crippen molar-refractivity contribution in [3.8, 4) is 0 Å². The van der Waals surface area contributed by atoms with Crippen molar-refractivity contribution in [3.63, 3.8) is 0 Å². The lowest BCUT2D eigenvalue weighted by atomic mass is 10.0. The molecule has 1 amide bonds. The summed E-state index contributed by atoms with van der Waals surface area (Å²) in [5.74, 6) is -1.21. The van der Waals surface area contributed by atoms with Gasteiger partial charge in [-0.2, -0.15) is 0 Å². The lowest BCUT2D eigenvalue weighted by Crippen LogP contribution is -2.44. The van der Waals surface area contributed by atoms with Gasteiger partial charge in [0.25, 0.3) is 0 Å². The molecule has 11 nitrogen and oxygen atoms in total. The molecule has 1 aliphatic heterocycles. The van der Waals surface area contributed by atoms with Gasteiger partial charge in [0, 0.05) is 31.7 Å². The first-order valence-electron chi connectivity index (χ1n) is 25.1. The Morgan fingerprint density at radius 3 is 1.48 bits per heavy atom. The van der Waals surface area contributed by atoms with Crippen LogP contribution in [0, 0.1) is 5.92 Å². The van der Waals surface area contributed by atoms with E-state index in [1.54, 1.807) is 0 Å². The van der Waals surface area contributed by atoms with Gasteiger partial charge in [-0.25, -0.2) is 9.59 Å². The maximum Gasteiger partial charge on any atom is 0.411 e. The number of carbonyl (C=O) groups is 5. The van der Waals surface area contributed by atoms with Crippen molar-refractivity contribution >= 4 is 30.0 Å². The van der Waals surface area contributed by atoms with Crippen LogP contribution in [0.3, 0.4) is 0 Å². The highest BCUT2D eigenvalue weighted by Crippen LogP contribution is 2.24. The number of hydrogen-bond donors (Lipinski definition) is 0. The number of unbranched alkanes of at least 4 members (excludes halogenated alkanes) is 18. The van der Waals surface area contributed by atoms with Crippen molar-refractivity contribution < 1.29 is 47.7 Å². The number of rotatable bonds is 38. The van der Waals surface area contributed by atoms with Crippen molar-refractivity contribution in [1.82, 2.24) is 4.90 Å². The fourth-order valence-electron chi connectivity index (χ4n) is 7.71. The molecule has 1 saturated heterocycles. The summed E-state index contributed by atoms with van der Waals surface area (Å²) in [4.78, 5) is 65.4. The standard InChI is InChI=1S/C50H91NO10/c1-7-10-13-16-17-18-19-20-23-24-32-43(60-48(55)44-34-29-38-51(44)49(56)61-50(4,5)6)33-30-39-57-45(52)37-28-27-31-42(40-58-46(53)35-25-21-14-11-8-2)41-59-47(54)36-26-22-15-12-9-3/h42-44H,7-41H2,1-6H3/t43?,44-/m0/s1. The Labute approximate surface area is 372 Å². The molecule has 1 unspecified atom stereocenters. The molecule has 0 bridgehead atoms. The number of hydrogen-bond acceptors (Lipinski definition) is 10. The van der Waals surface area contributed by atoms with E-state index in [0.717, 1.165) is 83.5 Å². The lowest BCUT2D eigenvalue weighted by molar-refractivity contribution is -0.156. The van der Waals surface area contributed by atoms with Gasteiger partial charge < -0.3 is 23.7 Å². The van der Waals surface area contributed by atoms with E-state index in [2.05, 4.69) is 20.8 Å². The van der Waals surface area contributed by atoms with Gasteiger partial charge in [-0.1, -0.05) is 136 Å². The zero-order chi connectivity index (χ0) is 45.0. The second-order valence-corrected chi connectivity index (χ2v) is 18.5. The monoisotopic (exact) mass is 866 g/mol. The molecule has 356 valence electrons. The topological polar surface area (TPSA) is 135 Å². The predicted molar refractivity (Wildman–Crippen MR) is 243 cm³/mol. The number of carbonyl (C=O) groups excluding carboxylic acids is 5. The third-order valence-electron chi connectivity index (χ3n) is 11.4. The number of likely N-dealkylation sites (tertiary alicyclic amines) is 1. The fraction of sp³-hybridized carbons (Fsp3) is 0.900. The van der Waals surface area contributed by atoms with E-state index in [9.17, 15) is 24.0 Å². The van der Waals surface area contributed by atoms with Gasteiger partial charge in [0.2, 0.25) is 0 Å². The molecule has 2 atom stereocenters. The summed E-state index contributed by atoms with van der Waals surface area (Å²) < 4.78 is 28.5. The number of amides is 1. The maximum atomic E-state index is 13.4. The van der Waals surface area contributed by atoms with E-state index >= 15 is 0 Å². The zero-order valence-corrected chi connectivity index (χ0v) is 40.0. The molecular weight excluding hydrogens is 775 g/mol. The first kappa shape index (κ1) is 56.2. The van der Waals surface area contributed by atoms with Gasteiger partial charge in [-0.05, 0) is 85.0 Å². The molecule has 0 saturated carbocycles. The third kappa shape index (κ3) is 31.6. The van der Waals surface area contributed by atoms with Crippen molar-refractivity contribution in [2.24, 2.45) is 5.92 Å².